The maximum absolute atomic E-state index is 9.39. The summed E-state index contributed by atoms with van der Waals surface area (Å²) in [7, 11) is -2.24. The Balaban J connectivity index is 3.20. The zero-order chi connectivity index (χ0) is 4.28. The first-order valence-electron chi connectivity index (χ1n) is 0.993. The molecule has 0 bridgehead atoms. The molecule has 0 fully saturated rings. The Morgan fingerprint density at radius 2 is 2.20 bits per heavy atom. The normalized spacial score (nSPS) is 6.40. The first kappa shape index (κ1) is 4.83. The van der Waals surface area contributed by atoms with Crippen LogP contribution in [0, 0.1) is 5.05 Å². The van der Waals surface area contributed by atoms with Gasteiger partial charge in [-0.1, -0.05) is 0 Å². The van der Waals surface area contributed by atoms with E-state index in [2.05, 4.69) is 0 Å². The quantitative estimate of drug-likeness (QED) is 0.410. The van der Waals surface area contributed by atoms with Crippen molar-refractivity contribution in [2.75, 3.05) is 0 Å². The van der Waals surface area contributed by atoms with E-state index in [0.717, 1.165) is 0 Å². The molecule has 0 heterocycles. The van der Waals surface area contributed by atoms with E-state index in [1.165, 1.54) is 0 Å². The molecule has 0 aromatic rings. The van der Waals surface area contributed by atoms with E-state index in [4.69, 9.17) is 10.5 Å². The van der Waals surface area contributed by atoms with E-state index in [0.29, 0.717) is 0 Å². The lowest BCUT2D eigenvalue weighted by molar-refractivity contribution is 0.585. The fourth-order valence-corrected chi connectivity index (χ4v) is 0. The number of hydrogen-bond acceptors (Lipinski definition) is 2. The third-order valence-corrected chi connectivity index (χ3v) is 0.990. The molecule has 3 N–H and O–H groups in total. The second kappa shape index (κ2) is 2.09. The second-order valence-corrected chi connectivity index (χ2v) is 3.78. The molecule has 0 unspecified atom stereocenters. The van der Waals surface area contributed by atoms with Crippen LogP contribution in [0.15, 0.2) is 0 Å². The predicted molar refractivity (Wildman–Crippen MR) is 19.1 cm³/mol. The van der Waals surface area contributed by atoms with Crippen LogP contribution in [0.4, 0.5) is 0 Å². The van der Waals surface area contributed by atoms with E-state index >= 15 is 0 Å². The molecule has 0 aromatic heterocycles. The molecule has 0 aliphatic heterocycles. The van der Waals surface area contributed by atoms with Gasteiger partial charge in [-0.3, -0.25) is 0 Å². The molecule has 0 amide bonds. The van der Waals surface area contributed by atoms with Gasteiger partial charge in [-0.05, 0) is 0 Å². The molecule has 3 nitrogen and oxygen atoms in total. The van der Waals surface area contributed by atoms with Crippen LogP contribution in [-0.2, 0) is 4.46 Å². The minimum Gasteiger partial charge on any atom is -0.417 e. The van der Waals surface area contributed by atoms with Gasteiger partial charge in [0.15, 0.2) is 0 Å². The van der Waals surface area contributed by atoms with Gasteiger partial charge in [0.05, 0.1) is 0 Å². The van der Waals surface area contributed by atoms with Crippen molar-refractivity contribution in [3.8, 4) is 0 Å². The van der Waals surface area contributed by atoms with Gasteiger partial charge in [0.2, 0.25) is 0 Å². The van der Waals surface area contributed by atoms with Crippen molar-refractivity contribution in [1.82, 2.24) is 0 Å². The van der Waals surface area contributed by atoms with Crippen molar-refractivity contribution in [2.45, 2.75) is 0 Å². The molecular weight excluding hydrogens is 100 g/mol. The summed E-state index contributed by atoms with van der Waals surface area (Å²) in [6.45, 7) is 0. The Bertz CT molecular complexity index is 58.7. The maximum Gasteiger partial charge on any atom is 0.376 e. The molecule has 0 rings (SSSR count). The van der Waals surface area contributed by atoms with Gasteiger partial charge in [0, 0.05) is 0 Å². The molecular formula is H3N2OSi2. The Morgan fingerprint density at radius 3 is 2.20 bits per heavy atom. The minimum absolute atomic E-state index is 0.590. The summed E-state index contributed by atoms with van der Waals surface area (Å²) in [6, 6.07) is 0. The molecule has 0 aliphatic rings. The van der Waals surface area contributed by atoms with E-state index in [-0.39, 0.29) is 0 Å². The van der Waals surface area contributed by atoms with Crippen molar-refractivity contribution in [2.24, 2.45) is 5.40 Å². The summed E-state index contributed by atoms with van der Waals surface area (Å²) in [4.78, 5) is 0. The minimum atomic E-state index is -1.65. The summed E-state index contributed by atoms with van der Waals surface area (Å²) < 4.78 is 9.39. The highest BCUT2D eigenvalue weighted by atomic mass is 29.2. The Kier molecular flexibility index (Phi) is 2.02. The van der Waals surface area contributed by atoms with Gasteiger partial charge in [-0.25, -0.2) is 0 Å². The standard InChI is InChI=1S/H3N2OSi2/c1-5(2)4-3/h1H,2H2. The second-order valence-electron chi connectivity index (χ2n) is 0.516. The molecule has 0 saturated heterocycles. The van der Waals surface area contributed by atoms with Crippen LogP contribution in [0.2, 0.25) is 0 Å². The van der Waals surface area contributed by atoms with E-state index < -0.39 is 17.2 Å². The fraction of sp³-hybridized carbons (Fsp3) is 0. The Labute approximate surface area is 33.1 Å². The van der Waals surface area contributed by atoms with Crippen LogP contribution in [0.1, 0.15) is 0 Å². The first-order valence-corrected chi connectivity index (χ1v) is 4.48. The first-order chi connectivity index (χ1) is 2.27. The lowest BCUT2D eigenvalue weighted by Crippen LogP contribution is -2.15. The van der Waals surface area contributed by atoms with Crippen LogP contribution in [0.25, 0.3) is 0 Å². The molecule has 0 atom stereocenters. The maximum atomic E-state index is 9.39. The number of hydrogen-bond donors (Lipinski definition) is 2. The smallest absolute Gasteiger partial charge is 0.376 e. The highest BCUT2D eigenvalue weighted by Gasteiger charge is 1.80. The SMILES string of the molecule is N=[Si](N)[Si]=O. The Hall–Kier alpha value is -0.166. The van der Waals surface area contributed by atoms with Crippen LogP contribution >= 0.6 is 0 Å². The van der Waals surface area contributed by atoms with E-state index in [1.807, 2.05) is 0 Å². The molecule has 1 radical (unpaired) electrons. The lowest BCUT2D eigenvalue weighted by Gasteiger charge is -1.60. The molecule has 5 heteroatoms. The molecule has 0 spiro atoms. The topological polar surface area (TPSA) is 66.9 Å². The average molecular weight is 103 g/mol. The summed E-state index contributed by atoms with van der Waals surface area (Å²) in [6.07, 6.45) is 0. The fourth-order valence-electron chi connectivity index (χ4n) is 0. The molecule has 0 aromatic carbocycles. The third kappa shape index (κ3) is 3.83. The van der Waals surface area contributed by atoms with Gasteiger partial charge < -0.3 is 14.9 Å². The molecule has 5 heavy (non-hydrogen) atoms. The van der Waals surface area contributed by atoms with Gasteiger partial charge >= 0.3 is 8.92 Å². The van der Waals surface area contributed by atoms with Crippen molar-refractivity contribution in [1.29, 1.82) is 5.05 Å². The van der Waals surface area contributed by atoms with Crippen molar-refractivity contribution >= 4 is 17.2 Å². The van der Waals surface area contributed by atoms with Gasteiger partial charge in [0.1, 0.15) is 0 Å². The largest absolute Gasteiger partial charge is 0.417 e. The average Bonchev–Trinajstić information content (AvgIpc) is 1.38. The van der Waals surface area contributed by atoms with Crippen molar-refractivity contribution < 1.29 is 4.46 Å². The zero-order valence-corrected chi connectivity index (χ0v) is 4.49. The zero-order valence-electron chi connectivity index (χ0n) is 2.49. The molecule has 0 saturated carbocycles. The lowest BCUT2D eigenvalue weighted by atomic mass is 13.9. The van der Waals surface area contributed by atoms with Gasteiger partial charge in [-0.2, -0.15) is 0 Å². The molecule has 27 valence electrons. The Morgan fingerprint density at radius 1 is 2.00 bits per heavy atom. The number of rotatable bonds is 1. The van der Waals surface area contributed by atoms with Gasteiger partial charge in [-0.15, -0.1) is 0 Å². The predicted octanol–water partition coefficient (Wildman–Crippen LogP) is -1.17. The van der Waals surface area contributed by atoms with Crippen LogP contribution in [0.5, 0.6) is 0 Å². The summed E-state index contributed by atoms with van der Waals surface area (Å²) in [5.41, 5.74) is 0. The third-order valence-electron chi connectivity index (χ3n) is 0.110. The molecule has 0 aliphatic carbocycles. The van der Waals surface area contributed by atoms with Crippen molar-refractivity contribution in [3.05, 3.63) is 0 Å². The van der Waals surface area contributed by atoms with Crippen LogP contribution < -0.4 is 5.40 Å². The highest BCUT2D eigenvalue weighted by Crippen LogP contribution is 1.26. The van der Waals surface area contributed by atoms with Crippen LogP contribution in [-0.4, -0.2) is 17.2 Å². The summed E-state index contributed by atoms with van der Waals surface area (Å²) >= 11 is 0. The van der Waals surface area contributed by atoms with Crippen molar-refractivity contribution in [3.63, 3.8) is 0 Å². The van der Waals surface area contributed by atoms with Gasteiger partial charge in [0.25, 0.3) is 8.27 Å². The van der Waals surface area contributed by atoms with E-state index in [9.17, 15) is 4.46 Å². The monoisotopic (exact) mass is 103 g/mol. The summed E-state index contributed by atoms with van der Waals surface area (Å²) in [5, 5.41) is 11.2. The van der Waals surface area contributed by atoms with Crippen LogP contribution in [0.3, 0.4) is 0 Å². The number of nitrogens with two attached hydrogens (primary N) is 1. The number of nitrogens with one attached hydrogen (secondary N) is 1. The van der Waals surface area contributed by atoms with E-state index in [1.54, 1.807) is 0 Å². The summed E-state index contributed by atoms with van der Waals surface area (Å²) in [5.74, 6) is 0. The highest BCUT2D eigenvalue weighted by molar-refractivity contribution is 6.96.